The van der Waals surface area contributed by atoms with Gasteiger partial charge in [-0.2, -0.15) is 5.10 Å². The van der Waals surface area contributed by atoms with Crippen LogP contribution in [0.15, 0.2) is 30.6 Å². The summed E-state index contributed by atoms with van der Waals surface area (Å²) in [5.41, 5.74) is 6.64. The van der Waals surface area contributed by atoms with Crippen molar-refractivity contribution in [2.24, 2.45) is 0 Å². The minimum absolute atomic E-state index is 0.612. The SMILES string of the molecule is COc1ncc(-n2nc(-c3ccnc([C@@H](C)O)c3)c3c2CCOCC3)cc1C. The van der Waals surface area contributed by atoms with Crippen molar-refractivity contribution in [1.29, 1.82) is 0 Å². The van der Waals surface area contributed by atoms with Gasteiger partial charge in [-0.15, -0.1) is 0 Å². The predicted molar refractivity (Wildman–Crippen MR) is 105 cm³/mol. The third-order valence-electron chi connectivity index (χ3n) is 5.01. The number of aryl methyl sites for hydroxylation is 1. The van der Waals surface area contributed by atoms with Crippen molar-refractivity contribution in [3.8, 4) is 22.8 Å². The Kier molecular flexibility index (Phi) is 5.11. The van der Waals surface area contributed by atoms with E-state index in [0.717, 1.165) is 41.0 Å². The maximum Gasteiger partial charge on any atom is 0.216 e. The number of hydrogen-bond donors (Lipinski definition) is 1. The van der Waals surface area contributed by atoms with E-state index in [2.05, 4.69) is 9.97 Å². The Morgan fingerprint density at radius 1 is 1.21 bits per heavy atom. The summed E-state index contributed by atoms with van der Waals surface area (Å²) in [6.07, 6.45) is 4.44. The molecule has 0 bridgehead atoms. The van der Waals surface area contributed by atoms with Gasteiger partial charge in [-0.1, -0.05) is 0 Å². The molecule has 7 nitrogen and oxygen atoms in total. The normalized spacial score (nSPS) is 15.0. The zero-order chi connectivity index (χ0) is 19.7. The van der Waals surface area contributed by atoms with Crippen molar-refractivity contribution in [1.82, 2.24) is 19.7 Å². The van der Waals surface area contributed by atoms with Crippen LogP contribution in [0.2, 0.25) is 0 Å². The summed E-state index contributed by atoms with van der Waals surface area (Å²) in [6, 6.07) is 5.87. The summed E-state index contributed by atoms with van der Waals surface area (Å²) < 4.78 is 13.0. The number of ether oxygens (including phenoxy) is 2. The van der Waals surface area contributed by atoms with Gasteiger partial charge < -0.3 is 14.6 Å². The highest BCUT2D eigenvalue weighted by atomic mass is 16.5. The highest BCUT2D eigenvalue weighted by molar-refractivity contribution is 5.65. The van der Waals surface area contributed by atoms with Gasteiger partial charge in [-0.25, -0.2) is 9.67 Å². The monoisotopic (exact) mass is 380 g/mol. The Morgan fingerprint density at radius 3 is 2.79 bits per heavy atom. The van der Waals surface area contributed by atoms with E-state index in [0.29, 0.717) is 24.8 Å². The first-order chi connectivity index (χ1) is 13.6. The third-order valence-corrected chi connectivity index (χ3v) is 5.01. The summed E-state index contributed by atoms with van der Waals surface area (Å²) in [6.45, 7) is 5.01. The summed E-state index contributed by atoms with van der Waals surface area (Å²) in [5.74, 6) is 0.612. The zero-order valence-electron chi connectivity index (χ0n) is 16.3. The molecule has 0 aromatic carbocycles. The van der Waals surface area contributed by atoms with Crippen LogP contribution >= 0.6 is 0 Å². The number of methoxy groups -OCH3 is 1. The molecule has 7 heteroatoms. The molecule has 3 aromatic heterocycles. The zero-order valence-corrected chi connectivity index (χ0v) is 16.3. The number of aromatic nitrogens is 4. The summed E-state index contributed by atoms with van der Waals surface area (Å²) in [7, 11) is 1.62. The highest BCUT2D eigenvalue weighted by Gasteiger charge is 2.23. The van der Waals surface area contributed by atoms with Crippen LogP contribution in [0, 0.1) is 6.92 Å². The Bertz CT molecular complexity index is 997. The van der Waals surface area contributed by atoms with Gasteiger partial charge in [0.05, 0.1) is 55.4 Å². The average Bonchev–Trinajstić information content (AvgIpc) is 2.89. The van der Waals surface area contributed by atoms with E-state index < -0.39 is 6.10 Å². The fourth-order valence-electron chi connectivity index (χ4n) is 3.60. The fraction of sp³-hybridized carbons (Fsp3) is 0.381. The molecule has 0 amide bonds. The Labute approximate surface area is 164 Å². The second-order valence-corrected chi connectivity index (χ2v) is 6.96. The van der Waals surface area contributed by atoms with Crippen molar-refractivity contribution in [3.05, 3.63) is 53.1 Å². The molecular formula is C21H24N4O3. The molecule has 0 spiro atoms. The van der Waals surface area contributed by atoms with Crippen LogP contribution in [0.3, 0.4) is 0 Å². The lowest BCUT2D eigenvalue weighted by Gasteiger charge is -2.09. The molecule has 0 radical (unpaired) electrons. The van der Waals surface area contributed by atoms with Crippen LogP contribution < -0.4 is 4.74 Å². The maximum absolute atomic E-state index is 9.91. The van der Waals surface area contributed by atoms with E-state index >= 15 is 0 Å². The molecule has 0 fully saturated rings. The first-order valence-corrected chi connectivity index (χ1v) is 9.42. The smallest absolute Gasteiger partial charge is 0.216 e. The lowest BCUT2D eigenvalue weighted by molar-refractivity contribution is 0.145. The molecule has 28 heavy (non-hydrogen) atoms. The van der Waals surface area contributed by atoms with Crippen molar-refractivity contribution < 1.29 is 14.6 Å². The van der Waals surface area contributed by atoms with Crippen LogP contribution in [0.1, 0.15) is 35.5 Å². The molecule has 3 aromatic rings. The highest BCUT2D eigenvalue weighted by Crippen LogP contribution is 2.31. The van der Waals surface area contributed by atoms with Crippen molar-refractivity contribution in [2.75, 3.05) is 20.3 Å². The molecule has 1 aliphatic heterocycles. The number of rotatable bonds is 4. The Balaban J connectivity index is 1.87. The van der Waals surface area contributed by atoms with E-state index in [1.54, 1.807) is 26.4 Å². The number of nitrogens with zero attached hydrogens (tertiary/aromatic N) is 4. The van der Waals surface area contributed by atoms with E-state index in [4.69, 9.17) is 14.6 Å². The van der Waals surface area contributed by atoms with Crippen LogP contribution in [-0.2, 0) is 17.6 Å². The topological polar surface area (TPSA) is 82.3 Å². The van der Waals surface area contributed by atoms with Crippen LogP contribution in [0.4, 0.5) is 0 Å². The van der Waals surface area contributed by atoms with Gasteiger partial charge in [0.2, 0.25) is 5.88 Å². The van der Waals surface area contributed by atoms with E-state index in [1.165, 1.54) is 5.56 Å². The van der Waals surface area contributed by atoms with Gasteiger partial charge in [0.1, 0.15) is 0 Å². The van der Waals surface area contributed by atoms with E-state index in [-0.39, 0.29) is 0 Å². The number of aliphatic hydroxyl groups excluding tert-OH is 1. The lowest BCUT2D eigenvalue weighted by Crippen LogP contribution is -2.06. The summed E-state index contributed by atoms with van der Waals surface area (Å²) in [5, 5.41) is 14.9. The second-order valence-electron chi connectivity index (χ2n) is 6.96. The Hall–Kier alpha value is -2.77. The molecule has 146 valence electrons. The molecule has 4 heterocycles. The predicted octanol–water partition coefficient (Wildman–Crippen LogP) is 2.81. The molecule has 0 saturated heterocycles. The van der Waals surface area contributed by atoms with Crippen LogP contribution in [0.25, 0.3) is 16.9 Å². The standard InChI is InChI=1S/C21H24N4O3/c1-13-10-16(12-23-21(13)27-3)25-19-6-9-28-8-5-17(19)20(24-25)15-4-7-22-18(11-15)14(2)26/h4,7,10-12,14,26H,5-6,8-9H2,1-3H3/t14-/m1/s1. The van der Waals surface area contributed by atoms with Crippen molar-refractivity contribution in [2.45, 2.75) is 32.8 Å². The lowest BCUT2D eigenvalue weighted by atomic mass is 10.0. The second kappa shape index (κ2) is 7.69. The average molecular weight is 380 g/mol. The Morgan fingerprint density at radius 2 is 2.04 bits per heavy atom. The van der Waals surface area contributed by atoms with E-state index in [1.807, 2.05) is 29.8 Å². The van der Waals surface area contributed by atoms with Crippen molar-refractivity contribution >= 4 is 0 Å². The number of hydrogen-bond acceptors (Lipinski definition) is 6. The molecule has 0 aliphatic carbocycles. The molecular weight excluding hydrogens is 356 g/mol. The van der Waals surface area contributed by atoms with Gasteiger partial charge >= 0.3 is 0 Å². The van der Waals surface area contributed by atoms with Crippen molar-refractivity contribution in [3.63, 3.8) is 0 Å². The van der Waals surface area contributed by atoms with Gasteiger partial charge in [-0.3, -0.25) is 4.98 Å². The largest absolute Gasteiger partial charge is 0.481 e. The quantitative estimate of drug-likeness (QED) is 0.749. The van der Waals surface area contributed by atoms with Gasteiger partial charge in [0.25, 0.3) is 0 Å². The molecule has 4 rings (SSSR count). The first-order valence-electron chi connectivity index (χ1n) is 9.42. The molecule has 0 saturated carbocycles. The van der Waals surface area contributed by atoms with Crippen LogP contribution in [-0.4, -0.2) is 45.2 Å². The molecule has 1 atom stereocenters. The van der Waals surface area contributed by atoms with Gasteiger partial charge in [0, 0.05) is 29.3 Å². The van der Waals surface area contributed by atoms with Gasteiger partial charge in [-0.05, 0) is 38.5 Å². The maximum atomic E-state index is 9.91. The number of aliphatic hydroxyl groups is 1. The number of fused-ring (bicyclic) bond motifs is 1. The number of pyridine rings is 2. The van der Waals surface area contributed by atoms with Gasteiger partial charge in [0.15, 0.2) is 0 Å². The third kappa shape index (κ3) is 3.39. The summed E-state index contributed by atoms with van der Waals surface area (Å²) in [4.78, 5) is 8.66. The minimum atomic E-state index is -0.627. The van der Waals surface area contributed by atoms with E-state index in [9.17, 15) is 5.11 Å². The summed E-state index contributed by atoms with van der Waals surface area (Å²) >= 11 is 0. The first kappa shape index (κ1) is 18.6. The minimum Gasteiger partial charge on any atom is -0.481 e. The molecule has 1 N–H and O–H groups in total. The van der Waals surface area contributed by atoms with Crippen LogP contribution in [0.5, 0.6) is 5.88 Å². The molecule has 0 unspecified atom stereocenters. The molecule has 1 aliphatic rings. The fourth-order valence-corrected chi connectivity index (χ4v) is 3.60.